The average molecular weight is 522 g/mol. The van der Waals surface area contributed by atoms with Crippen LogP contribution in [0.4, 0.5) is 0 Å². The molecule has 0 spiro atoms. The van der Waals surface area contributed by atoms with Gasteiger partial charge in [0.25, 0.3) is 0 Å². The molecular formula is C20H27N8O7P. The van der Waals surface area contributed by atoms with E-state index in [2.05, 4.69) is 29.9 Å². The van der Waals surface area contributed by atoms with E-state index < -0.39 is 50.5 Å². The number of benzene rings is 1. The van der Waals surface area contributed by atoms with E-state index in [0.29, 0.717) is 11.3 Å². The Morgan fingerprint density at radius 1 is 1.33 bits per heavy atom. The summed E-state index contributed by atoms with van der Waals surface area (Å²) in [5.74, 6) is -1.61. The lowest BCUT2D eigenvalue weighted by Crippen LogP contribution is -2.50. The number of aliphatic hydroxyl groups is 1. The Balaban J connectivity index is 1.83. The Morgan fingerprint density at radius 3 is 2.58 bits per heavy atom. The third kappa shape index (κ3) is 6.88. The SMILES string of the molecule is CC(C)[C@H](N=[N+]=[N-])C(=O)N1C[C@H](O)C[C@H]1C(=O)N[C@@H](COP(=O)(O)O)c1ccc(-n2cncn2)cc1. The van der Waals surface area contributed by atoms with Crippen molar-refractivity contribution in [1.82, 2.24) is 25.0 Å². The van der Waals surface area contributed by atoms with Crippen molar-refractivity contribution in [3.05, 3.63) is 52.9 Å². The second kappa shape index (κ2) is 11.6. The molecule has 15 nitrogen and oxygen atoms in total. The number of phosphoric acid groups is 1. The molecule has 16 heteroatoms. The van der Waals surface area contributed by atoms with E-state index >= 15 is 0 Å². The largest absolute Gasteiger partial charge is 0.469 e. The Bertz CT molecular complexity index is 1150. The van der Waals surface area contributed by atoms with Crippen molar-refractivity contribution >= 4 is 19.6 Å². The highest BCUT2D eigenvalue weighted by Gasteiger charge is 2.42. The fourth-order valence-electron chi connectivity index (χ4n) is 3.86. The van der Waals surface area contributed by atoms with E-state index in [1.165, 1.54) is 17.3 Å². The number of carbonyl (C=O) groups excluding carboxylic acids is 2. The molecule has 1 fully saturated rings. The van der Waals surface area contributed by atoms with Crippen LogP contribution in [-0.2, 0) is 18.7 Å². The Kier molecular flexibility index (Phi) is 8.79. The second-order valence-electron chi connectivity index (χ2n) is 8.57. The maximum atomic E-state index is 13.2. The van der Waals surface area contributed by atoms with Crippen LogP contribution in [0.1, 0.15) is 31.9 Å². The van der Waals surface area contributed by atoms with Crippen LogP contribution in [0.5, 0.6) is 0 Å². The number of nitrogens with zero attached hydrogens (tertiary/aromatic N) is 7. The molecular weight excluding hydrogens is 495 g/mol. The van der Waals surface area contributed by atoms with Crippen LogP contribution in [0.3, 0.4) is 0 Å². The number of carbonyl (C=O) groups is 2. The highest BCUT2D eigenvalue weighted by atomic mass is 31.2. The third-order valence-corrected chi connectivity index (χ3v) is 6.12. The molecule has 2 aromatic rings. The minimum atomic E-state index is -4.85. The molecule has 2 heterocycles. The van der Waals surface area contributed by atoms with Crippen molar-refractivity contribution in [2.24, 2.45) is 11.0 Å². The molecule has 0 aliphatic carbocycles. The Labute approximate surface area is 206 Å². The molecule has 36 heavy (non-hydrogen) atoms. The number of azide groups is 1. The van der Waals surface area contributed by atoms with Gasteiger partial charge in [-0.05, 0) is 29.1 Å². The van der Waals surface area contributed by atoms with Crippen LogP contribution in [0.15, 0.2) is 42.0 Å². The number of aliphatic hydroxyl groups excluding tert-OH is 1. The highest BCUT2D eigenvalue weighted by Crippen LogP contribution is 2.37. The van der Waals surface area contributed by atoms with Crippen molar-refractivity contribution in [3.63, 3.8) is 0 Å². The minimum absolute atomic E-state index is 0.0596. The van der Waals surface area contributed by atoms with Gasteiger partial charge in [-0.3, -0.25) is 14.1 Å². The quantitative estimate of drug-likeness (QED) is 0.150. The fourth-order valence-corrected chi connectivity index (χ4v) is 4.20. The maximum absolute atomic E-state index is 13.2. The highest BCUT2D eigenvalue weighted by molar-refractivity contribution is 7.46. The first-order chi connectivity index (χ1) is 17.0. The van der Waals surface area contributed by atoms with Gasteiger partial charge in [0.2, 0.25) is 11.8 Å². The van der Waals surface area contributed by atoms with Crippen molar-refractivity contribution in [3.8, 4) is 5.69 Å². The van der Waals surface area contributed by atoms with Gasteiger partial charge in [0.15, 0.2) is 0 Å². The van der Waals surface area contributed by atoms with Gasteiger partial charge in [-0.25, -0.2) is 14.2 Å². The standard InChI is InChI=1S/C20H27N8O7P/c1-12(2)18(25-26-21)20(31)27-8-15(29)7-17(27)19(30)24-16(9-35-36(32,33)34)13-3-5-14(6-4-13)28-11-22-10-23-28/h3-6,10-12,15-18,29H,7-9H2,1-2H3,(H,24,30)(H2,32,33,34)/t15-,16+,17+,18+/m1/s1. The number of hydrogen-bond acceptors (Lipinski definition) is 8. The molecule has 0 bridgehead atoms. The monoisotopic (exact) mass is 522 g/mol. The number of rotatable bonds is 10. The maximum Gasteiger partial charge on any atom is 0.469 e. The molecule has 4 N–H and O–H groups in total. The summed E-state index contributed by atoms with van der Waals surface area (Å²) in [7, 11) is -4.85. The number of amides is 2. The van der Waals surface area contributed by atoms with Crippen molar-refractivity contribution in [2.45, 2.75) is 44.5 Å². The van der Waals surface area contributed by atoms with Gasteiger partial charge in [-0.2, -0.15) is 5.10 Å². The zero-order valence-corrected chi connectivity index (χ0v) is 20.4. The number of likely N-dealkylation sites (tertiary alicyclic amines) is 1. The molecule has 0 unspecified atom stereocenters. The molecule has 1 aliphatic rings. The fraction of sp³-hybridized carbons (Fsp3) is 0.500. The molecule has 194 valence electrons. The van der Waals surface area contributed by atoms with Gasteiger partial charge in [0, 0.05) is 17.9 Å². The third-order valence-electron chi connectivity index (χ3n) is 5.63. The lowest BCUT2D eigenvalue weighted by atomic mass is 10.0. The summed E-state index contributed by atoms with van der Waals surface area (Å²) < 4.78 is 17.5. The summed E-state index contributed by atoms with van der Waals surface area (Å²) in [6, 6.07) is 3.43. The molecule has 3 rings (SSSR count). The van der Waals surface area contributed by atoms with Crippen LogP contribution >= 0.6 is 7.82 Å². The van der Waals surface area contributed by atoms with Crippen molar-refractivity contribution < 1.29 is 33.6 Å². The van der Waals surface area contributed by atoms with E-state index in [1.54, 1.807) is 38.1 Å². The first-order valence-electron chi connectivity index (χ1n) is 11.0. The summed E-state index contributed by atoms with van der Waals surface area (Å²) in [6.45, 7) is 2.70. The Morgan fingerprint density at radius 2 is 2.03 bits per heavy atom. The van der Waals surface area contributed by atoms with Gasteiger partial charge in [0.05, 0.1) is 24.4 Å². The zero-order chi connectivity index (χ0) is 26.5. The number of nitrogens with one attached hydrogen (secondary N) is 1. The predicted octanol–water partition coefficient (Wildman–Crippen LogP) is 0.831. The lowest BCUT2D eigenvalue weighted by Gasteiger charge is -2.29. The van der Waals surface area contributed by atoms with Gasteiger partial charge in [-0.1, -0.05) is 31.1 Å². The number of β-amino-alcohol motifs (C(OH)–C–C–N with tert-alkyl or cyclic N) is 1. The first-order valence-corrected chi connectivity index (χ1v) is 12.5. The van der Waals surface area contributed by atoms with E-state index in [9.17, 15) is 29.0 Å². The molecule has 1 aromatic carbocycles. The van der Waals surface area contributed by atoms with E-state index in [0.717, 1.165) is 4.90 Å². The van der Waals surface area contributed by atoms with E-state index in [1.807, 2.05) is 0 Å². The van der Waals surface area contributed by atoms with Crippen molar-refractivity contribution in [2.75, 3.05) is 13.2 Å². The van der Waals surface area contributed by atoms with Crippen LogP contribution in [-0.4, -0.2) is 77.7 Å². The molecule has 0 saturated carbocycles. The lowest BCUT2D eigenvalue weighted by molar-refractivity contribution is -0.140. The van der Waals surface area contributed by atoms with Crippen LogP contribution in [0, 0.1) is 5.92 Å². The number of aromatic nitrogens is 3. The number of phosphoric ester groups is 1. The topological polar surface area (TPSA) is 216 Å². The molecule has 4 atom stereocenters. The van der Waals surface area contributed by atoms with E-state index in [-0.39, 0.29) is 18.9 Å². The molecule has 1 aromatic heterocycles. The van der Waals surface area contributed by atoms with Crippen molar-refractivity contribution in [1.29, 1.82) is 0 Å². The van der Waals surface area contributed by atoms with Crippen LogP contribution in [0.25, 0.3) is 16.1 Å². The van der Waals surface area contributed by atoms with Gasteiger partial charge < -0.3 is 25.1 Å². The minimum Gasteiger partial charge on any atom is -0.391 e. The normalized spacial score (nSPS) is 19.6. The van der Waals surface area contributed by atoms with Crippen LogP contribution < -0.4 is 5.32 Å². The summed E-state index contributed by atoms with van der Waals surface area (Å²) in [4.78, 5) is 52.3. The van der Waals surface area contributed by atoms with Gasteiger partial charge in [0.1, 0.15) is 24.7 Å². The molecule has 2 amide bonds. The number of hydrogen-bond donors (Lipinski definition) is 4. The second-order valence-corrected chi connectivity index (χ2v) is 9.81. The average Bonchev–Trinajstić information content (AvgIpc) is 3.49. The smallest absolute Gasteiger partial charge is 0.391 e. The summed E-state index contributed by atoms with van der Waals surface area (Å²) in [5.41, 5.74) is 9.95. The Hall–Kier alpha value is -3.32. The molecule has 1 aliphatic heterocycles. The zero-order valence-electron chi connectivity index (χ0n) is 19.5. The molecule has 0 radical (unpaired) electrons. The molecule has 1 saturated heterocycles. The van der Waals surface area contributed by atoms with E-state index in [4.69, 9.17) is 5.53 Å². The summed E-state index contributed by atoms with van der Waals surface area (Å²) >= 11 is 0. The predicted molar refractivity (Wildman–Crippen MR) is 124 cm³/mol. The first kappa shape index (κ1) is 27.3. The van der Waals surface area contributed by atoms with Gasteiger partial charge >= 0.3 is 7.82 Å². The summed E-state index contributed by atoms with van der Waals surface area (Å²) in [6.07, 6.45) is 1.81. The summed E-state index contributed by atoms with van der Waals surface area (Å²) in [5, 5.41) is 20.4. The van der Waals surface area contributed by atoms with Gasteiger partial charge in [-0.15, -0.1) is 0 Å². The van der Waals surface area contributed by atoms with Crippen LogP contribution in [0.2, 0.25) is 0 Å².